The second-order valence-electron chi connectivity index (χ2n) is 6.09. The highest BCUT2D eigenvalue weighted by Gasteiger charge is 2.27. The van der Waals surface area contributed by atoms with Gasteiger partial charge >= 0.3 is 0 Å². The van der Waals surface area contributed by atoms with E-state index in [2.05, 4.69) is 29.6 Å². The monoisotopic (exact) mass is 344 g/mol. The van der Waals surface area contributed by atoms with E-state index in [4.69, 9.17) is 4.74 Å². The van der Waals surface area contributed by atoms with Crippen molar-refractivity contribution >= 4 is 24.0 Å². The zero-order chi connectivity index (χ0) is 15.6. The maximum Gasteiger partial charge on any atom is 0.265 e. The maximum absolute atomic E-state index is 12.4. The first kappa shape index (κ1) is 16.8. The number of rotatable bonds is 2. The fourth-order valence-electron chi connectivity index (χ4n) is 3.31. The first-order chi connectivity index (χ1) is 11.3. The van der Waals surface area contributed by atoms with Crippen LogP contribution in [0, 0.1) is 0 Å². The molecule has 1 amide bonds. The highest BCUT2D eigenvalue weighted by atomic mass is 35.5. The Bertz CT molecular complexity index is 734. The Hall–Kier alpha value is -2.04. The largest absolute Gasteiger partial charge is 0.482 e. The predicted molar refractivity (Wildman–Crippen MR) is 97.1 cm³/mol. The summed E-state index contributed by atoms with van der Waals surface area (Å²) in [5.74, 6) is 0.856. The van der Waals surface area contributed by atoms with Gasteiger partial charge in [0.05, 0.1) is 12.2 Å². The van der Waals surface area contributed by atoms with Crippen molar-refractivity contribution in [3.05, 3.63) is 59.2 Å². The van der Waals surface area contributed by atoms with Crippen LogP contribution in [0.2, 0.25) is 0 Å². The average molecular weight is 345 g/mol. The summed E-state index contributed by atoms with van der Waals surface area (Å²) in [6.07, 6.45) is 2.01. The summed E-state index contributed by atoms with van der Waals surface area (Å²) in [5, 5.41) is 3.42. The number of hydrogen-bond acceptors (Lipinski definition) is 3. The van der Waals surface area contributed by atoms with Crippen molar-refractivity contribution in [2.75, 3.05) is 24.6 Å². The van der Waals surface area contributed by atoms with Crippen molar-refractivity contribution in [3.8, 4) is 5.75 Å². The molecule has 0 saturated heterocycles. The summed E-state index contributed by atoms with van der Waals surface area (Å²) in [7, 11) is 0. The summed E-state index contributed by atoms with van der Waals surface area (Å²) in [5.41, 5.74) is 4.70. The van der Waals surface area contributed by atoms with E-state index in [1.165, 1.54) is 11.1 Å². The molecule has 0 aliphatic carbocycles. The van der Waals surface area contributed by atoms with E-state index < -0.39 is 0 Å². The number of fused-ring (bicyclic) bond motifs is 2. The quantitative estimate of drug-likeness (QED) is 0.910. The number of ether oxygens (including phenoxy) is 1. The van der Waals surface area contributed by atoms with Crippen LogP contribution in [0.5, 0.6) is 5.75 Å². The molecular formula is C19H21ClN2O2. The Morgan fingerprint density at radius 2 is 1.75 bits per heavy atom. The highest BCUT2D eigenvalue weighted by Crippen LogP contribution is 2.36. The second-order valence-corrected chi connectivity index (χ2v) is 6.09. The summed E-state index contributed by atoms with van der Waals surface area (Å²) in [4.78, 5) is 14.2. The number of benzene rings is 2. The van der Waals surface area contributed by atoms with Crippen LogP contribution in [0.25, 0.3) is 0 Å². The van der Waals surface area contributed by atoms with Crippen LogP contribution in [-0.2, 0) is 24.2 Å². The van der Waals surface area contributed by atoms with Gasteiger partial charge in [0.25, 0.3) is 5.91 Å². The van der Waals surface area contributed by atoms with Crippen LogP contribution in [0.3, 0.4) is 0 Å². The van der Waals surface area contributed by atoms with Gasteiger partial charge in [-0.25, -0.2) is 0 Å². The first-order valence-electron chi connectivity index (χ1n) is 8.15. The standard InChI is InChI=1S/C19H20N2O2.ClH/c22-19-13-23-18-11-16-7-9-20-8-6-15(16)10-17(18)21(19)12-14-4-2-1-3-5-14;/h1-5,10-11,20H,6-9,12-13H2;1H. The van der Waals surface area contributed by atoms with Crippen molar-refractivity contribution in [2.24, 2.45) is 0 Å². The van der Waals surface area contributed by atoms with Crippen LogP contribution >= 0.6 is 12.4 Å². The summed E-state index contributed by atoms with van der Waals surface area (Å²) in [6.45, 7) is 2.70. The lowest BCUT2D eigenvalue weighted by molar-refractivity contribution is -0.121. The van der Waals surface area contributed by atoms with Crippen molar-refractivity contribution < 1.29 is 9.53 Å². The molecule has 2 aromatic carbocycles. The molecular weight excluding hydrogens is 324 g/mol. The minimum absolute atomic E-state index is 0. The van der Waals surface area contributed by atoms with E-state index in [1.807, 2.05) is 23.1 Å². The van der Waals surface area contributed by atoms with Crippen LogP contribution < -0.4 is 15.0 Å². The molecule has 0 bridgehead atoms. The van der Waals surface area contributed by atoms with Crippen molar-refractivity contribution in [1.82, 2.24) is 5.32 Å². The zero-order valence-electron chi connectivity index (χ0n) is 13.5. The molecule has 0 spiro atoms. The number of amides is 1. The van der Waals surface area contributed by atoms with Crippen LogP contribution in [-0.4, -0.2) is 25.6 Å². The van der Waals surface area contributed by atoms with E-state index in [-0.39, 0.29) is 24.9 Å². The minimum atomic E-state index is 0. The van der Waals surface area contributed by atoms with E-state index in [1.54, 1.807) is 0 Å². The topological polar surface area (TPSA) is 41.6 Å². The molecule has 5 heteroatoms. The highest BCUT2D eigenvalue weighted by molar-refractivity contribution is 5.98. The number of anilines is 1. The first-order valence-corrected chi connectivity index (χ1v) is 8.15. The molecule has 2 aliphatic heterocycles. The number of nitrogens with one attached hydrogen (secondary N) is 1. The Balaban J connectivity index is 0.00000169. The third kappa shape index (κ3) is 3.25. The van der Waals surface area contributed by atoms with Gasteiger partial charge in [-0.3, -0.25) is 4.79 Å². The normalized spacial score (nSPS) is 16.3. The van der Waals surface area contributed by atoms with Crippen LogP contribution in [0.4, 0.5) is 5.69 Å². The average Bonchev–Trinajstić information content (AvgIpc) is 2.82. The van der Waals surface area contributed by atoms with Crippen molar-refractivity contribution in [2.45, 2.75) is 19.4 Å². The van der Waals surface area contributed by atoms with Gasteiger partial charge in [0.15, 0.2) is 6.61 Å². The molecule has 24 heavy (non-hydrogen) atoms. The fourth-order valence-corrected chi connectivity index (χ4v) is 3.31. The molecule has 2 aliphatic rings. The molecule has 4 nitrogen and oxygen atoms in total. The summed E-state index contributed by atoms with van der Waals surface area (Å²) < 4.78 is 5.70. The fraction of sp³-hybridized carbons (Fsp3) is 0.316. The lowest BCUT2D eigenvalue weighted by Crippen LogP contribution is -2.38. The number of carbonyl (C=O) groups excluding carboxylic acids is 1. The molecule has 0 aromatic heterocycles. The predicted octanol–water partition coefficient (Wildman–Crippen LogP) is 2.72. The van der Waals surface area contributed by atoms with Gasteiger partial charge < -0.3 is 15.0 Å². The number of halogens is 1. The van der Waals surface area contributed by atoms with E-state index >= 15 is 0 Å². The van der Waals surface area contributed by atoms with Gasteiger partial charge in [0.1, 0.15) is 5.75 Å². The molecule has 0 radical (unpaired) electrons. The summed E-state index contributed by atoms with van der Waals surface area (Å²) in [6, 6.07) is 14.4. The second kappa shape index (κ2) is 7.24. The Morgan fingerprint density at radius 3 is 2.50 bits per heavy atom. The van der Waals surface area contributed by atoms with E-state index in [0.29, 0.717) is 6.54 Å². The molecule has 0 fully saturated rings. The Morgan fingerprint density at radius 1 is 1.04 bits per heavy atom. The molecule has 126 valence electrons. The van der Waals surface area contributed by atoms with Gasteiger partial charge in [0.2, 0.25) is 0 Å². The number of hydrogen-bond donors (Lipinski definition) is 1. The molecule has 4 rings (SSSR count). The van der Waals surface area contributed by atoms with Crippen LogP contribution in [0.15, 0.2) is 42.5 Å². The Kier molecular flexibility index (Phi) is 5.07. The molecule has 0 atom stereocenters. The van der Waals surface area contributed by atoms with Gasteiger partial charge in [-0.05, 0) is 54.8 Å². The zero-order valence-corrected chi connectivity index (χ0v) is 14.3. The molecule has 0 saturated carbocycles. The van der Waals surface area contributed by atoms with Gasteiger partial charge in [-0.15, -0.1) is 12.4 Å². The maximum atomic E-state index is 12.4. The van der Waals surface area contributed by atoms with Gasteiger partial charge in [-0.1, -0.05) is 30.3 Å². The van der Waals surface area contributed by atoms with Crippen LogP contribution in [0.1, 0.15) is 16.7 Å². The van der Waals surface area contributed by atoms with Crippen molar-refractivity contribution in [3.63, 3.8) is 0 Å². The summed E-state index contributed by atoms with van der Waals surface area (Å²) >= 11 is 0. The molecule has 0 unspecified atom stereocenters. The lowest BCUT2D eigenvalue weighted by atomic mass is 10.00. The molecule has 2 heterocycles. The number of nitrogens with zero attached hydrogens (tertiary/aromatic N) is 1. The van der Waals surface area contributed by atoms with Crippen molar-refractivity contribution in [1.29, 1.82) is 0 Å². The minimum Gasteiger partial charge on any atom is -0.482 e. The molecule has 2 aromatic rings. The van der Waals surface area contributed by atoms with E-state index in [9.17, 15) is 4.79 Å². The third-order valence-corrected chi connectivity index (χ3v) is 4.55. The Labute approximate surface area is 148 Å². The molecule has 1 N–H and O–H groups in total. The lowest BCUT2D eigenvalue weighted by Gasteiger charge is -2.30. The number of carbonyl (C=O) groups is 1. The SMILES string of the molecule is Cl.O=C1COc2cc3c(cc2N1Cc1ccccc1)CCNCC3. The third-order valence-electron chi connectivity index (χ3n) is 4.55. The van der Waals surface area contributed by atoms with Gasteiger partial charge in [-0.2, -0.15) is 0 Å². The van der Waals surface area contributed by atoms with E-state index in [0.717, 1.165) is 42.9 Å². The van der Waals surface area contributed by atoms with Gasteiger partial charge in [0, 0.05) is 0 Å². The smallest absolute Gasteiger partial charge is 0.265 e.